The summed E-state index contributed by atoms with van der Waals surface area (Å²) in [4.78, 5) is 0. The topological polar surface area (TPSA) is 47.3 Å². The van der Waals surface area contributed by atoms with Crippen molar-refractivity contribution in [1.82, 2.24) is 10.5 Å². The number of hydrogen-bond donors (Lipinski definition) is 1. The molecule has 0 bridgehead atoms. The monoisotopic (exact) mass is 324 g/mol. The predicted octanol–water partition coefficient (Wildman–Crippen LogP) is 3.52. The van der Waals surface area contributed by atoms with Crippen LogP contribution in [0.15, 0.2) is 39.5 Å². The molecule has 0 spiro atoms. The van der Waals surface area contributed by atoms with Crippen molar-refractivity contribution in [2.45, 2.75) is 26.5 Å². The van der Waals surface area contributed by atoms with Crippen LogP contribution in [0.4, 0.5) is 0 Å². The summed E-state index contributed by atoms with van der Waals surface area (Å²) in [5, 5.41) is 7.01. The SMILES string of the molecule is CCCNCc1ccc(OCc2ccno2)c(Br)c1. The average molecular weight is 325 g/mol. The molecule has 102 valence electrons. The molecule has 2 rings (SSSR count). The highest BCUT2D eigenvalue weighted by atomic mass is 79.9. The van der Waals surface area contributed by atoms with Crippen molar-refractivity contribution in [1.29, 1.82) is 0 Å². The number of hydrogen-bond acceptors (Lipinski definition) is 4. The van der Waals surface area contributed by atoms with Crippen LogP contribution in [0.2, 0.25) is 0 Å². The maximum absolute atomic E-state index is 5.66. The van der Waals surface area contributed by atoms with Crippen molar-refractivity contribution in [2.75, 3.05) is 6.54 Å². The normalized spacial score (nSPS) is 10.6. The molecule has 1 aromatic carbocycles. The minimum absolute atomic E-state index is 0.381. The predicted molar refractivity (Wildman–Crippen MR) is 77.0 cm³/mol. The Labute approximate surface area is 121 Å². The van der Waals surface area contributed by atoms with E-state index >= 15 is 0 Å². The molecule has 2 aromatic rings. The summed E-state index contributed by atoms with van der Waals surface area (Å²) in [7, 11) is 0. The second kappa shape index (κ2) is 7.31. The fourth-order valence-electron chi connectivity index (χ4n) is 1.65. The van der Waals surface area contributed by atoms with Gasteiger partial charge in [-0.05, 0) is 46.6 Å². The standard InChI is InChI=1S/C14H17BrN2O2/c1-2-6-16-9-11-3-4-14(13(15)8-11)18-10-12-5-7-17-19-12/h3-5,7-8,16H,2,6,9-10H2,1H3. The highest BCUT2D eigenvalue weighted by Gasteiger charge is 2.04. The highest BCUT2D eigenvalue weighted by molar-refractivity contribution is 9.10. The van der Waals surface area contributed by atoms with Gasteiger partial charge in [0.1, 0.15) is 12.4 Å². The summed E-state index contributed by atoms with van der Waals surface area (Å²) in [5.41, 5.74) is 1.23. The summed E-state index contributed by atoms with van der Waals surface area (Å²) in [6.07, 6.45) is 2.75. The molecule has 4 nitrogen and oxygen atoms in total. The molecule has 1 heterocycles. The van der Waals surface area contributed by atoms with Gasteiger partial charge in [0.25, 0.3) is 0 Å². The molecular weight excluding hydrogens is 308 g/mol. The van der Waals surface area contributed by atoms with Crippen LogP contribution in [0, 0.1) is 0 Å². The molecule has 0 amide bonds. The third-order valence-electron chi connectivity index (χ3n) is 2.61. The number of halogens is 1. The second-order valence-corrected chi connectivity index (χ2v) is 5.06. The molecule has 0 atom stereocenters. The van der Waals surface area contributed by atoms with E-state index in [-0.39, 0.29) is 0 Å². The zero-order valence-electron chi connectivity index (χ0n) is 10.9. The van der Waals surface area contributed by atoms with Crippen LogP contribution in [0.3, 0.4) is 0 Å². The Morgan fingerprint density at radius 2 is 2.26 bits per heavy atom. The van der Waals surface area contributed by atoms with E-state index in [1.165, 1.54) is 5.56 Å². The molecule has 0 aliphatic rings. The minimum Gasteiger partial charge on any atom is -0.484 e. The van der Waals surface area contributed by atoms with E-state index in [0.29, 0.717) is 12.4 Å². The number of nitrogens with zero attached hydrogens (tertiary/aromatic N) is 1. The molecular formula is C14H17BrN2O2. The fraction of sp³-hybridized carbons (Fsp3) is 0.357. The van der Waals surface area contributed by atoms with Crippen LogP contribution in [0.1, 0.15) is 24.7 Å². The number of rotatable bonds is 7. The molecule has 19 heavy (non-hydrogen) atoms. The lowest BCUT2D eigenvalue weighted by Crippen LogP contribution is -2.13. The maximum atomic E-state index is 5.66. The van der Waals surface area contributed by atoms with E-state index in [4.69, 9.17) is 9.26 Å². The molecule has 0 fully saturated rings. The van der Waals surface area contributed by atoms with Gasteiger partial charge in [-0.15, -0.1) is 0 Å². The first-order valence-corrected chi connectivity index (χ1v) is 7.10. The Balaban J connectivity index is 1.91. The lowest BCUT2D eigenvalue weighted by molar-refractivity contribution is 0.248. The maximum Gasteiger partial charge on any atom is 0.174 e. The Kier molecular flexibility index (Phi) is 5.42. The Morgan fingerprint density at radius 1 is 1.37 bits per heavy atom. The van der Waals surface area contributed by atoms with Gasteiger partial charge in [0.05, 0.1) is 10.7 Å². The second-order valence-electron chi connectivity index (χ2n) is 4.21. The van der Waals surface area contributed by atoms with Crippen LogP contribution in [-0.2, 0) is 13.2 Å². The first kappa shape index (κ1) is 14.1. The van der Waals surface area contributed by atoms with Crippen LogP contribution < -0.4 is 10.1 Å². The van der Waals surface area contributed by atoms with Crippen molar-refractivity contribution in [2.24, 2.45) is 0 Å². The lowest BCUT2D eigenvalue weighted by atomic mass is 10.2. The summed E-state index contributed by atoms with van der Waals surface area (Å²) in [5.74, 6) is 1.51. The van der Waals surface area contributed by atoms with Crippen molar-refractivity contribution >= 4 is 15.9 Å². The smallest absolute Gasteiger partial charge is 0.174 e. The quantitative estimate of drug-likeness (QED) is 0.792. The van der Waals surface area contributed by atoms with E-state index in [9.17, 15) is 0 Å². The van der Waals surface area contributed by atoms with Gasteiger partial charge in [0.2, 0.25) is 0 Å². The number of ether oxygens (including phenoxy) is 1. The number of aromatic nitrogens is 1. The van der Waals surface area contributed by atoms with Crippen molar-refractivity contribution in [3.63, 3.8) is 0 Å². The third-order valence-corrected chi connectivity index (χ3v) is 3.23. The lowest BCUT2D eigenvalue weighted by Gasteiger charge is -2.09. The van der Waals surface area contributed by atoms with Gasteiger partial charge in [-0.3, -0.25) is 0 Å². The van der Waals surface area contributed by atoms with Crippen molar-refractivity contribution < 1.29 is 9.26 Å². The summed E-state index contributed by atoms with van der Waals surface area (Å²) in [6.45, 7) is 4.44. The Hall–Kier alpha value is -1.33. The Morgan fingerprint density at radius 3 is 2.95 bits per heavy atom. The van der Waals surface area contributed by atoms with E-state index < -0.39 is 0 Å². The average Bonchev–Trinajstić information content (AvgIpc) is 2.91. The van der Waals surface area contributed by atoms with Crippen LogP contribution in [-0.4, -0.2) is 11.7 Å². The molecule has 0 radical (unpaired) electrons. The van der Waals surface area contributed by atoms with Crippen molar-refractivity contribution in [3.8, 4) is 5.75 Å². The molecule has 1 aromatic heterocycles. The van der Waals surface area contributed by atoms with Gasteiger partial charge >= 0.3 is 0 Å². The van der Waals surface area contributed by atoms with Gasteiger partial charge in [-0.2, -0.15) is 0 Å². The Bertz CT molecular complexity index is 500. The van der Waals surface area contributed by atoms with E-state index in [2.05, 4.69) is 45.5 Å². The molecule has 5 heteroatoms. The zero-order valence-corrected chi connectivity index (χ0v) is 12.4. The van der Waals surface area contributed by atoms with Crippen molar-refractivity contribution in [3.05, 3.63) is 46.3 Å². The van der Waals surface area contributed by atoms with Crippen LogP contribution in [0.25, 0.3) is 0 Å². The first-order chi connectivity index (χ1) is 9.29. The third kappa shape index (κ3) is 4.36. The molecule has 0 saturated carbocycles. The van der Waals surface area contributed by atoms with Crippen LogP contribution in [0.5, 0.6) is 5.75 Å². The van der Waals surface area contributed by atoms with E-state index in [1.54, 1.807) is 12.3 Å². The molecule has 0 saturated heterocycles. The summed E-state index contributed by atoms with van der Waals surface area (Å²) >= 11 is 3.52. The van der Waals surface area contributed by atoms with Gasteiger partial charge in [0, 0.05) is 12.6 Å². The number of benzene rings is 1. The number of nitrogens with one attached hydrogen (secondary N) is 1. The van der Waals surface area contributed by atoms with Gasteiger partial charge < -0.3 is 14.6 Å². The zero-order chi connectivity index (χ0) is 13.5. The van der Waals surface area contributed by atoms with E-state index in [0.717, 1.165) is 29.7 Å². The summed E-state index contributed by atoms with van der Waals surface area (Å²) < 4.78 is 11.6. The van der Waals surface area contributed by atoms with Crippen LogP contribution >= 0.6 is 15.9 Å². The van der Waals surface area contributed by atoms with Gasteiger partial charge in [0.15, 0.2) is 5.76 Å². The molecule has 1 N–H and O–H groups in total. The molecule has 0 aliphatic carbocycles. The first-order valence-electron chi connectivity index (χ1n) is 6.31. The molecule has 0 aliphatic heterocycles. The largest absolute Gasteiger partial charge is 0.484 e. The fourth-order valence-corrected chi connectivity index (χ4v) is 2.19. The summed E-state index contributed by atoms with van der Waals surface area (Å²) in [6, 6.07) is 7.88. The highest BCUT2D eigenvalue weighted by Crippen LogP contribution is 2.26. The van der Waals surface area contributed by atoms with E-state index in [1.807, 2.05) is 6.07 Å². The van der Waals surface area contributed by atoms with Gasteiger partial charge in [-0.25, -0.2) is 0 Å². The minimum atomic E-state index is 0.381. The van der Waals surface area contributed by atoms with Gasteiger partial charge in [-0.1, -0.05) is 18.1 Å². The molecule has 0 unspecified atom stereocenters.